The molecule has 0 heterocycles. The lowest BCUT2D eigenvalue weighted by molar-refractivity contribution is -0.379. The number of halogens is 4. The maximum atomic E-state index is 13.9. The van der Waals surface area contributed by atoms with Crippen LogP contribution in [0.15, 0.2) is 0 Å². The molecule has 6 heteroatoms. The van der Waals surface area contributed by atoms with Gasteiger partial charge in [-0.2, -0.15) is 17.6 Å². The summed E-state index contributed by atoms with van der Waals surface area (Å²) >= 11 is 0. The average Bonchev–Trinajstić information content (AvgIpc) is 2.18. The number of fused-ring (bicyclic) bond motifs is 3. The molecule has 0 atom stereocenters. The van der Waals surface area contributed by atoms with Gasteiger partial charge in [0.1, 0.15) is 0 Å². The number of esters is 1. The van der Waals surface area contributed by atoms with E-state index in [2.05, 4.69) is 4.74 Å². The number of ether oxygens (including phenoxy) is 1. The van der Waals surface area contributed by atoms with Crippen LogP contribution in [0.1, 0.15) is 39.5 Å². The topological polar surface area (TPSA) is 26.3 Å². The highest BCUT2D eigenvalue weighted by molar-refractivity contribution is 5.67. The van der Waals surface area contributed by atoms with Crippen molar-refractivity contribution in [1.29, 1.82) is 0 Å². The van der Waals surface area contributed by atoms with E-state index in [0.29, 0.717) is 0 Å². The zero-order valence-corrected chi connectivity index (χ0v) is 9.66. The van der Waals surface area contributed by atoms with Gasteiger partial charge in [-0.3, -0.25) is 4.79 Å². The number of hydrogen-bond acceptors (Lipinski definition) is 2. The van der Waals surface area contributed by atoms with E-state index in [1.807, 2.05) is 0 Å². The summed E-state index contributed by atoms with van der Waals surface area (Å²) in [5.41, 5.74) is -4.02. The molecule has 0 unspecified atom stereocenters. The van der Waals surface area contributed by atoms with E-state index < -0.39 is 28.8 Å². The number of rotatable bonds is 1. The van der Waals surface area contributed by atoms with Crippen molar-refractivity contribution >= 4 is 5.97 Å². The number of hydrogen-bond donors (Lipinski definition) is 0. The van der Waals surface area contributed by atoms with Crippen molar-refractivity contribution in [3.63, 3.8) is 0 Å². The number of carbonyl (C=O) groups is 1. The number of alkyl halides is 4. The predicted molar refractivity (Wildman–Crippen MR) is 51.0 cm³/mol. The summed E-state index contributed by atoms with van der Waals surface area (Å²) in [6, 6.07) is 0. The van der Waals surface area contributed by atoms with Crippen LogP contribution in [0.4, 0.5) is 17.6 Å². The highest BCUT2D eigenvalue weighted by Gasteiger charge is 2.81. The molecule has 0 aromatic rings. The van der Waals surface area contributed by atoms with Gasteiger partial charge < -0.3 is 4.74 Å². The highest BCUT2D eigenvalue weighted by Crippen LogP contribution is 2.67. The molecule has 17 heavy (non-hydrogen) atoms. The molecule has 0 radical (unpaired) electrons. The minimum atomic E-state index is -4.29. The van der Waals surface area contributed by atoms with Crippen molar-refractivity contribution in [1.82, 2.24) is 0 Å². The fourth-order valence-electron chi connectivity index (χ4n) is 2.94. The van der Waals surface area contributed by atoms with Crippen molar-refractivity contribution in [3.05, 3.63) is 0 Å². The molecule has 0 aromatic carbocycles. The molecule has 2 bridgehead atoms. The second kappa shape index (κ2) is 3.14. The first-order valence-electron chi connectivity index (χ1n) is 5.53. The van der Waals surface area contributed by atoms with Gasteiger partial charge in [0.15, 0.2) is 5.60 Å². The summed E-state index contributed by atoms with van der Waals surface area (Å²) in [4.78, 5) is 10.9. The van der Waals surface area contributed by atoms with Gasteiger partial charge in [-0.05, 0) is 25.7 Å². The second-order valence-corrected chi connectivity index (χ2v) is 5.30. The molecule has 3 aliphatic carbocycles. The van der Waals surface area contributed by atoms with Gasteiger partial charge in [0.25, 0.3) is 0 Å². The summed E-state index contributed by atoms with van der Waals surface area (Å²) in [5, 5.41) is 0. The van der Waals surface area contributed by atoms with E-state index in [1.165, 1.54) is 6.92 Å². The molecule has 3 aliphatic rings. The van der Waals surface area contributed by atoms with Crippen LogP contribution in [0, 0.1) is 5.41 Å². The summed E-state index contributed by atoms with van der Waals surface area (Å²) in [7, 11) is 0. The maximum Gasteiger partial charge on any atom is 0.349 e. The lowest BCUT2D eigenvalue weighted by atomic mass is 9.55. The Hall–Kier alpha value is -0.810. The quantitative estimate of drug-likeness (QED) is 0.530. The molecule has 2 nitrogen and oxygen atoms in total. The van der Waals surface area contributed by atoms with E-state index in [4.69, 9.17) is 0 Å². The van der Waals surface area contributed by atoms with Crippen LogP contribution in [-0.2, 0) is 9.53 Å². The van der Waals surface area contributed by atoms with Crippen molar-refractivity contribution in [3.8, 4) is 0 Å². The van der Waals surface area contributed by atoms with Crippen LogP contribution in [0.2, 0.25) is 0 Å². The zero-order chi connectivity index (χ0) is 13.1. The van der Waals surface area contributed by atoms with Gasteiger partial charge in [-0.15, -0.1) is 0 Å². The molecule has 98 valence electrons. The van der Waals surface area contributed by atoms with Crippen molar-refractivity contribution in [2.24, 2.45) is 5.41 Å². The monoisotopic (exact) mass is 254 g/mol. The Morgan fingerprint density at radius 3 is 1.88 bits per heavy atom. The minimum Gasteiger partial charge on any atom is -0.453 e. The Bertz CT molecular complexity index is 356. The van der Waals surface area contributed by atoms with Gasteiger partial charge >= 0.3 is 17.8 Å². The highest BCUT2D eigenvalue weighted by atomic mass is 19.3. The fourth-order valence-corrected chi connectivity index (χ4v) is 2.94. The van der Waals surface area contributed by atoms with Gasteiger partial charge in [0, 0.05) is 12.3 Å². The maximum absolute atomic E-state index is 13.9. The first-order valence-corrected chi connectivity index (χ1v) is 5.53. The third-order valence-corrected chi connectivity index (χ3v) is 4.22. The molecule has 0 saturated heterocycles. The first-order chi connectivity index (χ1) is 7.58. The van der Waals surface area contributed by atoms with Crippen molar-refractivity contribution in [2.75, 3.05) is 0 Å². The van der Waals surface area contributed by atoms with Crippen LogP contribution in [0.5, 0.6) is 0 Å². The predicted octanol–water partition coefficient (Wildman–Crippen LogP) is 3.15. The lowest BCUT2D eigenvalue weighted by Gasteiger charge is -2.58. The standard InChI is InChI=1S/C11H14F4O2/c1-7(16)17-9-5-3-8(2,4-6-9)10(12,13)11(9,14)15/h3-6H2,1-2H3. The van der Waals surface area contributed by atoms with Gasteiger partial charge in [0.2, 0.25) is 0 Å². The second-order valence-electron chi connectivity index (χ2n) is 5.30. The van der Waals surface area contributed by atoms with E-state index in [0.717, 1.165) is 6.92 Å². The van der Waals surface area contributed by atoms with E-state index in [9.17, 15) is 22.4 Å². The molecule has 0 aliphatic heterocycles. The summed E-state index contributed by atoms with van der Waals surface area (Å²) < 4.78 is 60.0. The third kappa shape index (κ3) is 1.29. The Morgan fingerprint density at radius 2 is 1.47 bits per heavy atom. The summed E-state index contributed by atoms with van der Waals surface area (Å²) in [5.74, 6) is -9.37. The summed E-state index contributed by atoms with van der Waals surface area (Å²) in [6.45, 7) is 2.14. The van der Waals surface area contributed by atoms with Crippen LogP contribution < -0.4 is 0 Å². The zero-order valence-electron chi connectivity index (χ0n) is 9.66. The van der Waals surface area contributed by atoms with Crippen LogP contribution >= 0.6 is 0 Å². The van der Waals surface area contributed by atoms with E-state index in [1.54, 1.807) is 0 Å². The Kier molecular flexibility index (Phi) is 2.34. The first kappa shape index (κ1) is 12.6. The van der Waals surface area contributed by atoms with Gasteiger partial charge in [-0.1, -0.05) is 6.92 Å². The van der Waals surface area contributed by atoms with Gasteiger partial charge in [-0.25, -0.2) is 0 Å². The van der Waals surface area contributed by atoms with Crippen molar-refractivity contribution < 1.29 is 27.1 Å². The Morgan fingerprint density at radius 1 is 1.00 bits per heavy atom. The van der Waals surface area contributed by atoms with E-state index in [-0.39, 0.29) is 25.7 Å². The van der Waals surface area contributed by atoms with Crippen LogP contribution in [0.25, 0.3) is 0 Å². The molecule has 0 amide bonds. The average molecular weight is 254 g/mol. The minimum absolute atomic E-state index is 0.0527. The molecule has 0 N–H and O–H groups in total. The number of carbonyl (C=O) groups excluding carboxylic acids is 1. The fraction of sp³-hybridized carbons (Fsp3) is 0.909. The Balaban J connectivity index is 2.47. The smallest absolute Gasteiger partial charge is 0.349 e. The molecule has 3 fully saturated rings. The lowest BCUT2D eigenvalue weighted by Crippen LogP contribution is -2.73. The molecule has 3 saturated carbocycles. The van der Waals surface area contributed by atoms with Gasteiger partial charge in [0.05, 0.1) is 0 Å². The SMILES string of the molecule is CC(=O)OC12CCC(C)(CC1)C(F)(F)C2(F)F. The largest absolute Gasteiger partial charge is 0.453 e. The Labute approximate surface area is 96.3 Å². The molecule has 0 aromatic heterocycles. The van der Waals surface area contributed by atoms with Crippen LogP contribution in [-0.4, -0.2) is 23.4 Å². The van der Waals surface area contributed by atoms with Crippen molar-refractivity contribution in [2.45, 2.75) is 57.0 Å². The molecule has 0 spiro atoms. The normalized spacial score (nSPS) is 42.2. The van der Waals surface area contributed by atoms with Crippen LogP contribution in [0.3, 0.4) is 0 Å². The summed E-state index contributed by atoms with van der Waals surface area (Å²) in [6.07, 6.45) is -0.511. The molecular formula is C11H14F4O2. The molecule has 3 rings (SSSR count). The van der Waals surface area contributed by atoms with E-state index >= 15 is 0 Å². The third-order valence-electron chi connectivity index (χ3n) is 4.22. The molecular weight excluding hydrogens is 240 g/mol.